The van der Waals surface area contributed by atoms with Crippen molar-refractivity contribution in [2.75, 3.05) is 26.0 Å². The maximum absolute atomic E-state index is 12.3. The molecule has 8 nitrogen and oxygen atoms in total. The van der Waals surface area contributed by atoms with Crippen molar-refractivity contribution in [3.8, 4) is 5.75 Å². The van der Waals surface area contributed by atoms with Crippen molar-refractivity contribution in [2.45, 2.75) is 4.90 Å². The van der Waals surface area contributed by atoms with E-state index in [9.17, 15) is 23.1 Å². The first kappa shape index (κ1) is 21.3. The average molecular weight is 428 g/mol. The number of ether oxygens (including phenoxy) is 1. The Labute approximate surface area is 173 Å². The number of esters is 1. The van der Waals surface area contributed by atoms with Crippen LogP contribution in [0.2, 0.25) is 0 Å². The van der Waals surface area contributed by atoms with Crippen LogP contribution in [-0.2, 0) is 19.6 Å². The fourth-order valence-electron chi connectivity index (χ4n) is 2.75. The Morgan fingerprint density at radius 3 is 2.33 bits per heavy atom. The molecule has 0 aromatic heterocycles. The lowest BCUT2D eigenvalue weighted by Gasteiger charge is -2.12. The average Bonchev–Trinajstić information content (AvgIpc) is 2.73. The Morgan fingerprint density at radius 1 is 1.00 bits per heavy atom. The number of sulfonamides is 1. The van der Waals surface area contributed by atoms with E-state index in [2.05, 4.69) is 5.32 Å². The molecule has 1 amide bonds. The molecule has 9 heteroatoms. The lowest BCUT2D eigenvalue weighted by Crippen LogP contribution is -2.22. The number of nitrogens with one attached hydrogen (secondary N) is 1. The zero-order valence-electron chi connectivity index (χ0n) is 16.3. The summed E-state index contributed by atoms with van der Waals surface area (Å²) in [6, 6.07) is 15.7. The van der Waals surface area contributed by atoms with Crippen molar-refractivity contribution in [3.63, 3.8) is 0 Å². The van der Waals surface area contributed by atoms with Crippen molar-refractivity contribution in [2.24, 2.45) is 0 Å². The number of nitrogens with zero attached hydrogens (tertiary/aromatic N) is 1. The van der Waals surface area contributed by atoms with E-state index in [1.165, 1.54) is 44.4 Å². The third-order valence-electron chi connectivity index (χ3n) is 4.37. The van der Waals surface area contributed by atoms with E-state index in [0.717, 1.165) is 9.69 Å². The molecule has 0 unspecified atom stereocenters. The van der Waals surface area contributed by atoms with Gasteiger partial charge in [0.05, 0.1) is 4.90 Å². The number of carbonyl (C=O) groups excluding carboxylic acids is 2. The second kappa shape index (κ2) is 8.52. The number of anilines is 1. The number of carbonyl (C=O) groups is 2. The number of amides is 1. The standard InChI is InChI=1S/C21H20N2O6S/c1-23(2)30(27,28)16-10-8-15(9-11-16)22-19(24)13-29-21(26)18-12-7-14-5-3-4-6-17(14)20(18)25/h3-12,25H,13H2,1-2H3,(H,22,24). The van der Waals surface area contributed by atoms with E-state index < -0.39 is 28.5 Å². The molecule has 0 heterocycles. The van der Waals surface area contributed by atoms with Crippen LogP contribution in [0.4, 0.5) is 5.69 Å². The molecule has 0 saturated carbocycles. The van der Waals surface area contributed by atoms with Gasteiger partial charge in [-0.25, -0.2) is 17.5 Å². The molecule has 0 aliphatic rings. The lowest BCUT2D eigenvalue weighted by atomic mass is 10.1. The Kier molecular flexibility index (Phi) is 6.04. The van der Waals surface area contributed by atoms with Crippen LogP contribution in [0.15, 0.2) is 65.6 Å². The molecular weight excluding hydrogens is 408 g/mol. The SMILES string of the molecule is CN(C)S(=O)(=O)c1ccc(NC(=O)COC(=O)c2ccc3ccccc3c2O)cc1. The highest BCUT2D eigenvalue weighted by Crippen LogP contribution is 2.29. The molecule has 0 radical (unpaired) electrons. The molecule has 0 bridgehead atoms. The van der Waals surface area contributed by atoms with Gasteiger partial charge in [-0.2, -0.15) is 0 Å². The van der Waals surface area contributed by atoms with E-state index in [1.54, 1.807) is 24.3 Å². The van der Waals surface area contributed by atoms with Crippen LogP contribution in [0.5, 0.6) is 5.75 Å². The zero-order chi connectivity index (χ0) is 21.9. The van der Waals surface area contributed by atoms with Gasteiger partial charge in [-0.3, -0.25) is 4.79 Å². The Balaban J connectivity index is 1.62. The summed E-state index contributed by atoms with van der Waals surface area (Å²) in [7, 11) is -0.720. The summed E-state index contributed by atoms with van der Waals surface area (Å²) < 4.78 is 30.2. The Bertz CT molecular complexity index is 1200. The number of benzene rings is 3. The van der Waals surface area contributed by atoms with Crippen molar-refractivity contribution < 1.29 is 27.9 Å². The van der Waals surface area contributed by atoms with Gasteiger partial charge in [-0.1, -0.05) is 30.3 Å². The summed E-state index contributed by atoms with van der Waals surface area (Å²) in [6.07, 6.45) is 0. The Morgan fingerprint density at radius 2 is 1.67 bits per heavy atom. The monoisotopic (exact) mass is 428 g/mol. The Hall–Kier alpha value is -3.43. The second-order valence-corrected chi connectivity index (χ2v) is 8.77. The number of hydrogen-bond acceptors (Lipinski definition) is 6. The van der Waals surface area contributed by atoms with Crippen LogP contribution in [0.3, 0.4) is 0 Å². The highest BCUT2D eigenvalue weighted by Gasteiger charge is 2.18. The summed E-state index contributed by atoms with van der Waals surface area (Å²) in [6.45, 7) is -0.567. The van der Waals surface area contributed by atoms with Crippen LogP contribution < -0.4 is 5.32 Å². The topological polar surface area (TPSA) is 113 Å². The first-order valence-electron chi connectivity index (χ1n) is 8.90. The van der Waals surface area contributed by atoms with E-state index in [0.29, 0.717) is 11.1 Å². The first-order chi connectivity index (χ1) is 14.2. The summed E-state index contributed by atoms with van der Waals surface area (Å²) >= 11 is 0. The predicted molar refractivity (Wildman–Crippen MR) is 112 cm³/mol. The molecule has 0 saturated heterocycles. The van der Waals surface area contributed by atoms with Crippen LogP contribution >= 0.6 is 0 Å². The second-order valence-electron chi connectivity index (χ2n) is 6.62. The molecule has 0 spiro atoms. The zero-order valence-corrected chi connectivity index (χ0v) is 17.1. The third kappa shape index (κ3) is 4.42. The molecule has 3 rings (SSSR count). The molecule has 0 aliphatic heterocycles. The molecule has 0 atom stereocenters. The highest BCUT2D eigenvalue weighted by molar-refractivity contribution is 7.89. The van der Waals surface area contributed by atoms with E-state index in [1.807, 2.05) is 6.07 Å². The van der Waals surface area contributed by atoms with Gasteiger partial charge in [0.1, 0.15) is 11.3 Å². The molecular formula is C21H20N2O6S. The van der Waals surface area contributed by atoms with Gasteiger partial charge in [-0.05, 0) is 35.7 Å². The molecule has 30 heavy (non-hydrogen) atoms. The number of fused-ring (bicyclic) bond motifs is 1. The van der Waals surface area contributed by atoms with Crippen molar-refractivity contribution in [1.29, 1.82) is 0 Å². The number of hydrogen-bond donors (Lipinski definition) is 2. The third-order valence-corrected chi connectivity index (χ3v) is 6.20. The fraction of sp³-hybridized carbons (Fsp3) is 0.143. The van der Waals surface area contributed by atoms with Gasteiger partial charge in [0.25, 0.3) is 5.91 Å². The van der Waals surface area contributed by atoms with Crippen molar-refractivity contribution in [1.82, 2.24) is 4.31 Å². The molecule has 3 aromatic carbocycles. The highest BCUT2D eigenvalue weighted by atomic mass is 32.2. The number of phenolic OH excluding ortho intramolecular Hbond substituents is 1. The smallest absolute Gasteiger partial charge is 0.342 e. The lowest BCUT2D eigenvalue weighted by molar-refractivity contribution is -0.119. The van der Waals surface area contributed by atoms with Crippen molar-refractivity contribution >= 4 is 38.4 Å². The van der Waals surface area contributed by atoms with Crippen LogP contribution in [0, 0.1) is 0 Å². The summed E-state index contributed by atoms with van der Waals surface area (Å²) in [5.41, 5.74) is 0.307. The van der Waals surface area contributed by atoms with Gasteiger partial charge in [0.2, 0.25) is 10.0 Å². The molecule has 2 N–H and O–H groups in total. The van der Waals surface area contributed by atoms with Crippen LogP contribution in [0.1, 0.15) is 10.4 Å². The van der Waals surface area contributed by atoms with Crippen LogP contribution in [0.25, 0.3) is 10.8 Å². The van der Waals surface area contributed by atoms with E-state index in [-0.39, 0.29) is 16.2 Å². The first-order valence-corrected chi connectivity index (χ1v) is 10.3. The van der Waals surface area contributed by atoms with E-state index >= 15 is 0 Å². The normalized spacial score (nSPS) is 11.4. The van der Waals surface area contributed by atoms with Gasteiger partial charge >= 0.3 is 5.97 Å². The molecule has 0 aliphatic carbocycles. The fourth-order valence-corrected chi connectivity index (χ4v) is 3.65. The predicted octanol–water partition coefficient (Wildman–Crippen LogP) is 2.59. The maximum atomic E-state index is 12.3. The number of aromatic hydroxyl groups is 1. The molecule has 0 fully saturated rings. The van der Waals surface area contributed by atoms with Crippen molar-refractivity contribution in [3.05, 3.63) is 66.2 Å². The molecule has 156 valence electrons. The largest absolute Gasteiger partial charge is 0.506 e. The minimum absolute atomic E-state index is 0.0419. The van der Waals surface area contributed by atoms with Gasteiger partial charge in [0, 0.05) is 25.2 Å². The van der Waals surface area contributed by atoms with Gasteiger partial charge in [0.15, 0.2) is 6.61 Å². The quantitative estimate of drug-likeness (QED) is 0.584. The summed E-state index contributed by atoms with van der Waals surface area (Å²) in [4.78, 5) is 24.4. The minimum Gasteiger partial charge on any atom is -0.506 e. The maximum Gasteiger partial charge on any atom is 0.342 e. The minimum atomic E-state index is -3.57. The van der Waals surface area contributed by atoms with E-state index in [4.69, 9.17) is 4.74 Å². The van der Waals surface area contributed by atoms with Crippen LogP contribution in [-0.4, -0.2) is 50.4 Å². The molecule has 3 aromatic rings. The summed E-state index contributed by atoms with van der Waals surface area (Å²) in [5, 5.41) is 14.1. The number of phenols is 1. The number of rotatable bonds is 6. The van der Waals surface area contributed by atoms with Gasteiger partial charge < -0.3 is 15.2 Å². The van der Waals surface area contributed by atoms with Gasteiger partial charge in [-0.15, -0.1) is 0 Å². The summed E-state index contributed by atoms with van der Waals surface area (Å²) in [5.74, 6) is -1.65.